The molecule has 0 atom stereocenters. The molecule has 0 amide bonds. The Balaban J connectivity index is 2.52. The number of esters is 2. The second-order valence-electron chi connectivity index (χ2n) is 11.6. The predicted molar refractivity (Wildman–Crippen MR) is 151 cm³/mol. The molecule has 0 N–H and O–H groups in total. The normalized spacial score (nSPS) is 12.1. The standard InChI is InChI=1S/C32H42O6/c1-11-21-19-22(12-2)28(38-30(35)32(8,9)10)25(27(21)36-20(3)4)17-18-26(33)23-13-15-24(16-14-23)37-29(34)31(5,6)7/h13-20H,11-12H2,1-10H3/b18-17+. The number of hydrogen-bond acceptors (Lipinski definition) is 6. The first-order valence-electron chi connectivity index (χ1n) is 13.2. The van der Waals surface area contributed by atoms with E-state index in [2.05, 4.69) is 0 Å². The molecule has 206 valence electrons. The lowest BCUT2D eigenvalue weighted by Crippen LogP contribution is -2.26. The third kappa shape index (κ3) is 8.04. The minimum absolute atomic E-state index is 0.120. The average Bonchev–Trinajstić information content (AvgIpc) is 2.82. The number of benzene rings is 2. The number of carbonyl (C=O) groups is 3. The van der Waals surface area contributed by atoms with Gasteiger partial charge in [0.25, 0.3) is 0 Å². The van der Waals surface area contributed by atoms with Crippen molar-refractivity contribution in [3.8, 4) is 17.2 Å². The maximum Gasteiger partial charge on any atom is 0.316 e. The summed E-state index contributed by atoms with van der Waals surface area (Å²) in [4.78, 5) is 38.1. The van der Waals surface area contributed by atoms with Crippen LogP contribution >= 0.6 is 0 Å². The molecule has 0 spiro atoms. The van der Waals surface area contributed by atoms with Gasteiger partial charge in [0.05, 0.1) is 22.5 Å². The fourth-order valence-corrected chi connectivity index (χ4v) is 3.41. The van der Waals surface area contributed by atoms with Crippen LogP contribution in [0.1, 0.15) is 96.3 Å². The largest absolute Gasteiger partial charge is 0.490 e. The summed E-state index contributed by atoms with van der Waals surface area (Å²) in [7, 11) is 0. The van der Waals surface area contributed by atoms with Crippen LogP contribution in [0, 0.1) is 10.8 Å². The number of rotatable bonds is 9. The maximum atomic E-state index is 13.1. The Morgan fingerprint density at radius 1 is 0.789 bits per heavy atom. The zero-order valence-corrected chi connectivity index (χ0v) is 24.5. The Morgan fingerprint density at radius 2 is 1.29 bits per heavy atom. The van der Waals surface area contributed by atoms with E-state index in [0.717, 1.165) is 11.1 Å². The smallest absolute Gasteiger partial charge is 0.316 e. The minimum Gasteiger partial charge on any atom is -0.490 e. The van der Waals surface area contributed by atoms with E-state index >= 15 is 0 Å². The van der Waals surface area contributed by atoms with Gasteiger partial charge in [0.15, 0.2) is 5.78 Å². The highest BCUT2D eigenvalue weighted by atomic mass is 16.5. The fourth-order valence-electron chi connectivity index (χ4n) is 3.41. The van der Waals surface area contributed by atoms with Gasteiger partial charge in [-0.05, 0) is 122 Å². The average molecular weight is 523 g/mol. The van der Waals surface area contributed by atoms with Crippen LogP contribution in [-0.2, 0) is 22.4 Å². The molecule has 0 radical (unpaired) electrons. The summed E-state index contributed by atoms with van der Waals surface area (Å²) in [5.74, 6) is 0.418. The van der Waals surface area contributed by atoms with E-state index in [9.17, 15) is 14.4 Å². The lowest BCUT2D eigenvalue weighted by atomic mass is 9.95. The first kappa shape index (κ1) is 30.8. The van der Waals surface area contributed by atoms with Crippen molar-refractivity contribution in [1.82, 2.24) is 0 Å². The van der Waals surface area contributed by atoms with Gasteiger partial charge in [-0.1, -0.05) is 13.8 Å². The lowest BCUT2D eigenvalue weighted by molar-refractivity contribution is -0.143. The predicted octanol–water partition coefficient (Wildman–Crippen LogP) is 7.40. The number of ketones is 1. The van der Waals surface area contributed by atoms with Crippen LogP contribution in [0.3, 0.4) is 0 Å². The highest BCUT2D eigenvalue weighted by molar-refractivity contribution is 6.07. The molecule has 0 unspecified atom stereocenters. The van der Waals surface area contributed by atoms with E-state index < -0.39 is 10.8 Å². The van der Waals surface area contributed by atoms with Gasteiger partial charge in [-0.2, -0.15) is 0 Å². The first-order valence-corrected chi connectivity index (χ1v) is 13.2. The zero-order chi connectivity index (χ0) is 28.8. The van der Waals surface area contributed by atoms with E-state index in [4.69, 9.17) is 14.2 Å². The molecule has 0 aliphatic rings. The Hall–Kier alpha value is -3.41. The number of carbonyl (C=O) groups excluding carboxylic acids is 3. The van der Waals surface area contributed by atoms with Gasteiger partial charge in [-0.15, -0.1) is 0 Å². The van der Waals surface area contributed by atoms with Crippen LogP contribution in [0.15, 0.2) is 36.4 Å². The fraction of sp³-hybridized carbons (Fsp3) is 0.469. The summed E-state index contributed by atoms with van der Waals surface area (Å²) >= 11 is 0. The van der Waals surface area contributed by atoms with E-state index in [1.807, 2.05) is 33.8 Å². The van der Waals surface area contributed by atoms with Crippen LogP contribution in [0.25, 0.3) is 6.08 Å². The summed E-state index contributed by atoms with van der Waals surface area (Å²) < 4.78 is 17.5. The summed E-state index contributed by atoms with van der Waals surface area (Å²) in [5.41, 5.74) is 1.50. The molecule has 0 aliphatic heterocycles. The molecule has 0 fully saturated rings. The van der Waals surface area contributed by atoms with Gasteiger partial charge in [0.1, 0.15) is 17.2 Å². The number of ether oxygens (including phenoxy) is 3. The van der Waals surface area contributed by atoms with Crippen molar-refractivity contribution in [2.24, 2.45) is 10.8 Å². The molecule has 0 aliphatic carbocycles. The van der Waals surface area contributed by atoms with Crippen molar-refractivity contribution in [1.29, 1.82) is 0 Å². The molecule has 6 nitrogen and oxygen atoms in total. The van der Waals surface area contributed by atoms with E-state index in [0.29, 0.717) is 41.2 Å². The van der Waals surface area contributed by atoms with Crippen molar-refractivity contribution < 1.29 is 28.6 Å². The first-order chi connectivity index (χ1) is 17.6. The maximum absolute atomic E-state index is 13.1. The molecule has 0 saturated heterocycles. The van der Waals surface area contributed by atoms with Crippen molar-refractivity contribution in [3.05, 3.63) is 58.7 Å². The van der Waals surface area contributed by atoms with Gasteiger partial charge >= 0.3 is 11.9 Å². The van der Waals surface area contributed by atoms with E-state index in [-0.39, 0.29) is 23.8 Å². The van der Waals surface area contributed by atoms with Crippen molar-refractivity contribution in [2.45, 2.75) is 88.2 Å². The quantitative estimate of drug-likeness (QED) is 0.148. The monoisotopic (exact) mass is 522 g/mol. The molecule has 2 aromatic carbocycles. The molecule has 2 aromatic rings. The molecule has 0 bridgehead atoms. The van der Waals surface area contributed by atoms with Crippen molar-refractivity contribution in [2.75, 3.05) is 0 Å². The summed E-state index contributed by atoms with van der Waals surface area (Å²) in [6.45, 7) is 18.6. The van der Waals surface area contributed by atoms with E-state index in [1.54, 1.807) is 71.9 Å². The highest BCUT2D eigenvalue weighted by Crippen LogP contribution is 2.39. The van der Waals surface area contributed by atoms with Crippen LogP contribution < -0.4 is 14.2 Å². The van der Waals surface area contributed by atoms with Gasteiger partial charge in [-0.25, -0.2) is 0 Å². The number of aryl methyl sites for hydroxylation is 2. The zero-order valence-electron chi connectivity index (χ0n) is 24.5. The number of allylic oxidation sites excluding steroid dienone is 1. The molecular formula is C32H42O6. The van der Waals surface area contributed by atoms with E-state index in [1.165, 1.54) is 6.08 Å². The Labute approximate surface area is 227 Å². The van der Waals surface area contributed by atoms with Crippen molar-refractivity contribution in [3.63, 3.8) is 0 Å². The molecule has 2 rings (SSSR count). The molecular weight excluding hydrogens is 480 g/mol. The van der Waals surface area contributed by atoms with Crippen LogP contribution in [0.5, 0.6) is 17.2 Å². The SMILES string of the molecule is CCc1cc(CC)c(OC(C)C)c(/C=C/C(=O)c2ccc(OC(=O)C(C)(C)C)cc2)c1OC(=O)C(C)(C)C. The summed E-state index contributed by atoms with van der Waals surface area (Å²) in [5, 5.41) is 0. The van der Waals surface area contributed by atoms with Gasteiger partial charge < -0.3 is 14.2 Å². The van der Waals surface area contributed by atoms with Gasteiger partial charge in [0, 0.05) is 5.56 Å². The van der Waals surface area contributed by atoms with Crippen LogP contribution in [0.4, 0.5) is 0 Å². The third-order valence-corrected chi connectivity index (χ3v) is 5.71. The topological polar surface area (TPSA) is 78.9 Å². The molecule has 0 saturated carbocycles. The van der Waals surface area contributed by atoms with Crippen LogP contribution in [-0.4, -0.2) is 23.8 Å². The molecule has 6 heteroatoms. The van der Waals surface area contributed by atoms with Crippen molar-refractivity contribution >= 4 is 23.8 Å². The van der Waals surface area contributed by atoms with Gasteiger partial charge in [-0.3, -0.25) is 14.4 Å². The second-order valence-corrected chi connectivity index (χ2v) is 11.6. The Morgan fingerprint density at radius 3 is 1.76 bits per heavy atom. The molecule has 0 aromatic heterocycles. The highest BCUT2D eigenvalue weighted by Gasteiger charge is 2.28. The second kappa shape index (κ2) is 12.4. The van der Waals surface area contributed by atoms with Gasteiger partial charge in [0.2, 0.25) is 0 Å². The summed E-state index contributed by atoms with van der Waals surface area (Å²) in [6, 6.07) is 8.44. The lowest BCUT2D eigenvalue weighted by Gasteiger charge is -2.23. The minimum atomic E-state index is -0.706. The molecule has 38 heavy (non-hydrogen) atoms. The Bertz CT molecular complexity index is 1190. The van der Waals surface area contributed by atoms with Crippen LogP contribution in [0.2, 0.25) is 0 Å². The third-order valence-electron chi connectivity index (χ3n) is 5.71. The summed E-state index contributed by atoms with van der Waals surface area (Å²) in [6.07, 6.45) is 4.35. The molecule has 0 heterocycles. The Kier molecular flexibility index (Phi) is 10.1. The number of hydrogen-bond donors (Lipinski definition) is 0.